The topological polar surface area (TPSA) is 135 Å². The summed E-state index contributed by atoms with van der Waals surface area (Å²) in [6, 6.07) is 11.9. The van der Waals surface area contributed by atoms with Gasteiger partial charge in [-0.3, -0.25) is 0 Å². The molecule has 0 saturated carbocycles. The number of carbonyl (C=O) groups is 1. The van der Waals surface area contributed by atoms with Crippen molar-refractivity contribution in [2.45, 2.75) is 25.2 Å². The second-order valence-electron chi connectivity index (χ2n) is 5.46. The van der Waals surface area contributed by atoms with Crippen LogP contribution < -0.4 is 5.32 Å². The number of amides is 1. The smallest absolute Gasteiger partial charge is 0.407 e. The van der Waals surface area contributed by atoms with Gasteiger partial charge in [-0.25, -0.2) is 4.79 Å². The first-order valence-electron chi connectivity index (χ1n) is 7.89. The first-order valence-corrected chi connectivity index (χ1v) is 7.89. The number of benzene rings is 1. The molecule has 0 radical (unpaired) electrons. The third-order valence-corrected chi connectivity index (χ3v) is 3.60. The molecule has 3 N–H and O–H groups in total. The highest BCUT2D eigenvalue weighted by Gasteiger charge is 2.26. The van der Waals surface area contributed by atoms with E-state index < -0.39 is 29.0 Å². The van der Waals surface area contributed by atoms with E-state index >= 15 is 0 Å². The van der Waals surface area contributed by atoms with Crippen molar-refractivity contribution < 1.29 is 24.7 Å². The van der Waals surface area contributed by atoms with Crippen LogP contribution in [0, 0.1) is 10.1 Å². The number of pyridine rings is 1. The summed E-state index contributed by atoms with van der Waals surface area (Å²) >= 11 is 0. The molecule has 1 heterocycles. The third kappa shape index (κ3) is 5.50. The van der Waals surface area contributed by atoms with Crippen LogP contribution in [-0.4, -0.2) is 38.9 Å². The van der Waals surface area contributed by atoms with Crippen LogP contribution in [0.2, 0.25) is 0 Å². The number of aliphatic hydroxyl groups excluding tert-OH is 2. The van der Waals surface area contributed by atoms with Crippen molar-refractivity contribution in [2.24, 2.45) is 0 Å². The predicted octanol–water partition coefficient (Wildman–Crippen LogP) is 1.70. The Morgan fingerprint density at radius 2 is 1.96 bits per heavy atom. The van der Waals surface area contributed by atoms with Crippen LogP contribution in [0.25, 0.3) is 0 Å². The van der Waals surface area contributed by atoms with Crippen molar-refractivity contribution >= 4 is 11.9 Å². The Labute approximate surface area is 149 Å². The van der Waals surface area contributed by atoms with Gasteiger partial charge in [0.25, 0.3) is 0 Å². The van der Waals surface area contributed by atoms with Gasteiger partial charge in [0.05, 0.1) is 11.7 Å². The molecule has 2 aromatic rings. The van der Waals surface area contributed by atoms with Gasteiger partial charge in [-0.1, -0.05) is 30.3 Å². The van der Waals surface area contributed by atoms with Crippen LogP contribution in [0.3, 0.4) is 0 Å². The molecule has 0 bridgehead atoms. The Bertz CT molecular complexity index is 740. The molecule has 2 rings (SSSR count). The summed E-state index contributed by atoms with van der Waals surface area (Å²) in [4.78, 5) is 25.4. The molecule has 0 aliphatic carbocycles. The number of nitrogens with one attached hydrogen (secondary N) is 1. The van der Waals surface area contributed by atoms with Crippen molar-refractivity contribution in [1.29, 1.82) is 0 Å². The first kappa shape index (κ1) is 19.3. The van der Waals surface area contributed by atoms with Crippen LogP contribution in [-0.2, 0) is 11.3 Å². The Kier molecular flexibility index (Phi) is 7.01. The van der Waals surface area contributed by atoms with Gasteiger partial charge in [0.2, 0.25) is 0 Å². The zero-order valence-corrected chi connectivity index (χ0v) is 13.8. The molecule has 0 aliphatic rings. The molecular formula is C17H19N3O6. The number of ether oxygens (including phenoxy) is 1. The highest BCUT2D eigenvalue weighted by atomic mass is 16.6. The lowest BCUT2D eigenvalue weighted by molar-refractivity contribution is -0.391. The Morgan fingerprint density at radius 3 is 2.65 bits per heavy atom. The molecule has 0 spiro atoms. The maximum absolute atomic E-state index is 11.6. The average Bonchev–Trinajstić information content (AvgIpc) is 2.66. The lowest BCUT2D eigenvalue weighted by Gasteiger charge is -2.17. The molecule has 1 aromatic carbocycles. The number of carbonyl (C=O) groups excluding carboxylic acids is 1. The molecule has 0 saturated heterocycles. The number of hydrogen-bond acceptors (Lipinski definition) is 7. The van der Waals surface area contributed by atoms with E-state index in [4.69, 9.17) is 4.74 Å². The maximum Gasteiger partial charge on any atom is 0.407 e. The second kappa shape index (κ2) is 9.44. The average molecular weight is 361 g/mol. The summed E-state index contributed by atoms with van der Waals surface area (Å²) < 4.78 is 5.01. The van der Waals surface area contributed by atoms with E-state index in [1.54, 1.807) is 0 Å². The van der Waals surface area contributed by atoms with Crippen LogP contribution in [0.5, 0.6) is 0 Å². The van der Waals surface area contributed by atoms with E-state index in [9.17, 15) is 25.1 Å². The van der Waals surface area contributed by atoms with Gasteiger partial charge in [-0.05, 0) is 34.0 Å². The zero-order chi connectivity index (χ0) is 18.9. The number of nitrogens with zero attached hydrogens (tertiary/aromatic N) is 2. The van der Waals surface area contributed by atoms with Gasteiger partial charge < -0.3 is 30.4 Å². The highest BCUT2D eigenvalue weighted by Crippen LogP contribution is 2.25. The van der Waals surface area contributed by atoms with E-state index in [2.05, 4.69) is 10.3 Å². The molecule has 26 heavy (non-hydrogen) atoms. The Balaban J connectivity index is 1.78. The van der Waals surface area contributed by atoms with E-state index in [0.29, 0.717) is 0 Å². The van der Waals surface area contributed by atoms with Crippen molar-refractivity contribution in [3.8, 4) is 0 Å². The summed E-state index contributed by atoms with van der Waals surface area (Å²) in [5, 5.41) is 33.5. The minimum Gasteiger partial charge on any atom is -0.445 e. The molecule has 0 fully saturated rings. The van der Waals surface area contributed by atoms with E-state index in [1.165, 1.54) is 18.3 Å². The number of rotatable bonds is 8. The predicted molar refractivity (Wildman–Crippen MR) is 91.1 cm³/mol. The van der Waals surface area contributed by atoms with E-state index in [-0.39, 0.29) is 25.1 Å². The van der Waals surface area contributed by atoms with Crippen molar-refractivity contribution in [1.82, 2.24) is 10.3 Å². The molecule has 1 aromatic heterocycles. The third-order valence-electron chi connectivity index (χ3n) is 3.60. The van der Waals surface area contributed by atoms with Crippen molar-refractivity contribution in [2.75, 3.05) is 6.54 Å². The molecule has 138 valence electrons. The molecule has 2 unspecified atom stereocenters. The quantitative estimate of drug-likeness (QED) is 0.481. The SMILES string of the molecule is O=C(NCCC(O)C(O)c1cccnc1[N+](=O)[O-])OCc1ccccc1. The normalized spacial score (nSPS) is 12.8. The van der Waals surface area contributed by atoms with Crippen LogP contribution in [0.15, 0.2) is 48.7 Å². The van der Waals surface area contributed by atoms with Gasteiger partial charge >= 0.3 is 11.9 Å². The van der Waals surface area contributed by atoms with Crippen molar-refractivity contribution in [3.05, 3.63) is 69.9 Å². The summed E-state index contributed by atoms with van der Waals surface area (Å²) in [7, 11) is 0. The summed E-state index contributed by atoms with van der Waals surface area (Å²) in [5.41, 5.74) is 0.749. The largest absolute Gasteiger partial charge is 0.445 e. The molecule has 0 aliphatic heterocycles. The minimum atomic E-state index is -1.49. The number of nitro groups is 1. The summed E-state index contributed by atoms with van der Waals surface area (Å²) in [5.74, 6) is -0.519. The minimum absolute atomic E-state index is 0.0202. The highest BCUT2D eigenvalue weighted by molar-refractivity contribution is 5.67. The maximum atomic E-state index is 11.6. The van der Waals surface area contributed by atoms with E-state index in [1.807, 2.05) is 30.3 Å². The number of aromatic nitrogens is 1. The Hall–Kier alpha value is -3.04. The number of hydrogen-bond donors (Lipinski definition) is 3. The van der Waals surface area contributed by atoms with Gasteiger partial charge in [-0.15, -0.1) is 0 Å². The lowest BCUT2D eigenvalue weighted by Crippen LogP contribution is -2.30. The fourth-order valence-corrected chi connectivity index (χ4v) is 2.25. The lowest BCUT2D eigenvalue weighted by atomic mass is 10.0. The molecule has 2 atom stereocenters. The van der Waals surface area contributed by atoms with Crippen LogP contribution in [0.1, 0.15) is 23.7 Å². The molecular weight excluding hydrogens is 342 g/mol. The van der Waals surface area contributed by atoms with Crippen LogP contribution in [0.4, 0.5) is 10.6 Å². The van der Waals surface area contributed by atoms with Gasteiger partial charge in [0, 0.05) is 6.54 Å². The van der Waals surface area contributed by atoms with E-state index in [0.717, 1.165) is 5.56 Å². The molecule has 9 nitrogen and oxygen atoms in total. The number of alkyl carbamates (subject to hydrolysis) is 1. The molecule has 9 heteroatoms. The van der Waals surface area contributed by atoms with Gasteiger partial charge in [0.1, 0.15) is 18.9 Å². The number of aliphatic hydroxyl groups is 2. The summed E-state index contributed by atoms with van der Waals surface area (Å²) in [6.07, 6.45) is -2.26. The standard InChI is InChI=1S/C17H19N3O6/c21-14(15(22)13-7-4-9-18-16(13)20(24)25)8-10-19-17(23)26-11-12-5-2-1-3-6-12/h1-7,9,14-15,21-22H,8,10-11H2,(H,19,23). The Morgan fingerprint density at radius 1 is 1.23 bits per heavy atom. The fraction of sp³-hybridized carbons (Fsp3) is 0.294. The molecule has 1 amide bonds. The second-order valence-corrected chi connectivity index (χ2v) is 5.46. The van der Waals surface area contributed by atoms with Crippen LogP contribution >= 0.6 is 0 Å². The first-order chi connectivity index (χ1) is 12.5. The van der Waals surface area contributed by atoms with Gasteiger partial charge in [-0.2, -0.15) is 0 Å². The summed E-state index contributed by atoms with van der Waals surface area (Å²) in [6.45, 7) is 0.139. The van der Waals surface area contributed by atoms with Gasteiger partial charge in [0.15, 0.2) is 0 Å². The monoisotopic (exact) mass is 361 g/mol. The van der Waals surface area contributed by atoms with Crippen molar-refractivity contribution in [3.63, 3.8) is 0 Å². The fourth-order valence-electron chi connectivity index (χ4n) is 2.25. The zero-order valence-electron chi connectivity index (χ0n) is 13.8.